The molecule has 4 aliphatic rings. The van der Waals surface area contributed by atoms with Crippen molar-refractivity contribution >= 4 is 33.4 Å². The Morgan fingerprint density at radius 1 is 1.29 bits per heavy atom. The lowest BCUT2D eigenvalue weighted by Gasteiger charge is -2.60. The Hall–Kier alpha value is 0.240. The Morgan fingerprint density at radius 3 is 2.47 bits per heavy atom. The van der Waals surface area contributed by atoms with Gasteiger partial charge in [0.1, 0.15) is 5.88 Å². The quantitative estimate of drug-likeness (QED) is 0.796. The van der Waals surface area contributed by atoms with Crippen LogP contribution in [0.5, 0.6) is 0 Å². The fourth-order valence-corrected chi connectivity index (χ4v) is 6.48. The number of alkyl halides is 2. The fraction of sp³-hybridized carbons (Fsp3) is 0.923. The topological polar surface area (TPSA) is 29.1 Å². The Bertz CT molecular complexity index is 332. The zero-order valence-electron chi connectivity index (χ0n) is 9.98. The third-order valence-electron chi connectivity index (χ3n) is 4.89. The maximum absolute atomic E-state index is 11.3. The van der Waals surface area contributed by atoms with Gasteiger partial charge in [0.15, 0.2) is 0 Å². The summed E-state index contributed by atoms with van der Waals surface area (Å²) in [5.74, 6) is 1.82. The molecule has 1 amide bonds. The van der Waals surface area contributed by atoms with E-state index < -0.39 is 0 Å². The van der Waals surface area contributed by atoms with Crippen molar-refractivity contribution in [3.8, 4) is 0 Å². The smallest absolute Gasteiger partial charge is 0.234 e. The van der Waals surface area contributed by atoms with Crippen molar-refractivity contribution in [2.24, 2.45) is 17.3 Å². The van der Waals surface area contributed by atoms with Crippen molar-refractivity contribution < 1.29 is 4.79 Å². The first-order chi connectivity index (χ1) is 8.03. The van der Waals surface area contributed by atoms with E-state index in [9.17, 15) is 4.79 Å². The van der Waals surface area contributed by atoms with E-state index in [0.29, 0.717) is 9.74 Å². The number of rotatable bonds is 3. The molecule has 4 atom stereocenters. The third kappa shape index (κ3) is 2.25. The van der Waals surface area contributed by atoms with E-state index in [-0.39, 0.29) is 11.8 Å². The number of carbonyl (C=O) groups excluding carboxylic acids is 1. The molecule has 0 spiro atoms. The lowest BCUT2D eigenvalue weighted by molar-refractivity contribution is -0.120. The van der Waals surface area contributed by atoms with Crippen molar-refractivity contribution in [3.63, 3.8) is 0 Å². The molecule has 4 heteroatoms. The van der Waals surface area contributed by atoms with Crippen molar-refractivity contribution in [1.29, 1.82) is 0 Å². The zero-order chi connectivity index (χ0) is 12.1. The van der Waals surface area contributed by atoms with Gasteiger partial charge in [0.2, 0.25) is 5.91 Å². The van der Waals surface area contributed by atoms with Crippen molar-refractivity contribution in [2.75, 3.05) is 12.4 Å². The standard InChI is InChI=1S/C13H19BrClNO/c14-13-4-9-1-10(5-13)3-12(2-9,7-13)8-16-11(17)6-15/h9-10H,1-8H2,(H,16,17)/t9-,10+,12?,13?. The second kappa shape index (κ2) is 4.12. The second-order valence-corrected chi connectivity index (χ2v) is 8.47. The van der Waals surface area contributed by atoms with Gasteiger partial charge in [-0.3, -0.25) is 4.79 Å². The lowest BCUT2D eigenvalue weighted by atomic mass is 9.49. The molecule has 17 heavy (non-hydrogen) atoms. The van der Waals surface area contributed by atoms with Crippen LogP contribution in [0.1, 0.15) is 38.5 Å². The van der Waals surface area contributed by atoms with Crippen LogP contribution in [-0.4, -0.2) is 22.7 Å². The van der Waals surface area contributed by atoms with Gasteiger partial charge in [-0.15, -0.1) is 11.6 Å². The monoisotopic (exact) mass is 319 g/mol. The highest BCUT2D eigenvalue weighted by Gasteiger charge is 2.56. The minimum atomic E-state index is -0.0222. The third-order valence-corrected chi connectivity index (χ3v) is 6.06. The van der Waals surface area contributed by atoms with E-state index in [2.05, 4.69) is 21.2 Å². The number of carbonyl (C=O) groups is 1. The minimum Gasteiger partial charge on any atom is -0.355 e. The van der Waals surface area contributed by atoms with Gasteiger partial charge in [-0.05, 0) is 55.8 Å². The first kappa shape index (κ1) is 12.3. The van der Waals surface area contributed by atoms with E-state index in [1.165, 1.54) is 38.5 Å². The molecule has 0 radical (unpaired) electrons. The van der Waals surface area contributed by atoms with Gasteiger partial charge in [-0.2, -0.15) is 0 Å². The minimum absolute atomic E-state index is 0.0222. The van der Waals surface area contributed by atoms with Crippen LogP contribution < -0.4 is 5.32 Å². The molecule has 4 aliphatic carbocycles. The summed E-state index contributed by atoms with van der Waals surface area (Å²) in [6.07, 6.45) is 7.94. The fourth-order valence-electron chi connectivity index (χ4n) is 4.88. The maximum atomic E-state index is 11.3. The van der Waals surface area contributed by atoms with E-state index >= 15 is 0 Å². The molecule has 0 aromatic carbocycles. The molecule has 0 saturated heterocycles. The molecule has 1 N–H and O–H groups in total. The summed E-state index contributed by atoms with van der Waals surface area (Å²) in [6, 6.07) is 0. The normalized spacial score (nSPS) is 47.2. The average molecular weight is 321 g/mol. The van der Waals surface area contributed by atoms with Crippen LogP contribution in [-0.2, 0) is 4.79 Å². The molecule has 4 bridgehead atoms. The van der Waals surface area contributed by atoms with Gasteiger partial charge in [0.05, 0.1) is 0 Å². The van der Waals surface area contributed by atoms with E-state index in [4.69, 9.17) is 11.6 Å². The van der Waals surface area contributed by atoms with E-state index in [1.54, 1.807) is 0 Å². The second-order valence-electron chi connectivity index (χ2n) is 6.52. The van der Waals surface area contributed by atoms with Crippen molar-refractivity contribution in [3.05, 3.63) is 0 Å². The van der Waals surface area contributed by atoms with Crippen molar-refractivity contribution in [2.45, 2.75) is 42.8 Å². The highest BCUT2D eigenvalue weighted by Crippen LogP contribution is 2.64. The number of hydrogen-bond acceptors (Lipinski definition) is 1. The molecular weight excluding hydrogens is 302 g/mol. The summed E-state index contributed by atoms with van der Waals surface area (Å²) >= 11 is 9.52. The molecule has 2 unspecified atom stereocenters. The Labute approximate surface area is 116 Å². The van der Waals surface area contributed by atoms with E-state index in [1.807, 2.05) is 0 Å². The predicted molar refractivity (Wildman–Crippen MR) is 72.5 cm³/mol. The molecular formula is C13H19BrClNO. The van der Waals surface area contributed by atoms with Gasteiger partial charge in [-0.25, -0.2) is 0 Å². The maximum Gasteiger partial charge on any atom is 0.234 e. The average Bonchev–Trinajstić information content (AvgIpc) is 2.22. The molecule has 96 valence electrons. The molecule has 4 fully saturated rings. The zero-order valence-corrected chi connectivity index (χ0v) is 12.3. The van der Waals surface area contributed by atoms with Crippen LogP contribution in [0.3, 0.4) is 0 Å². The largest absolute Gasteiger partial charge is 0.355 e. The highest BCUT2D eigenvalue weighted by atomic mass is 79.9. The van der Waals surface area contributed by atoms with Crippen LogP contribution in [0.2, 0.25) is 0 Å². The SMILES string of the molecule is O=C(CCl)NCC12C[C@@H]3C[C@@H](CC(Br)(C3)C1)C2. The highest BCUT2D eigenvalue weighted by molar-refractivity contribution is 9.10. The number of hydrogen-bond donors (Lipinski definition) is 1. The summed E-state index contributed by atoms with van der Waals surface area (Å²) in [4.78, 5) is 11.3. The summed E-state index contributed by atoms with van der Waals surface area (Å²) in [6.45, 7) is 0.832. The van der Waals surface area contributed by atoms with Gasteiger partial charge in [-0.1, -0.05) is 15.9 Å². The van der Waals surface area contributed by atoms with Gasteiger partial charge in [0.25, 0.3) is 0 Å². The number of amides is 1. The first-order valence-electron chi connectivity index (χ1n) is 6.54. The number of nitrogens with one attached hydrogen (secondary N) is 1. The van der Waals surface area contributed by atoms with Crippen LogP contribution in [0.15, 0.2) is 0 Å². The predicted octanol–water partition coefficient (Wildman–Crippen LogP) is 3.08. The molecule has 0 aromatic rings. The Morgan fingerprint density at radius 2 is 1.94 bits per heavy atom. The van der Waals surface area contributed by atoms with Gasteiger partial charge in [0, 0.05) is 10.9 Å². The Balaban J connectivity index is 1.72. The van der Waals surface area contributed by atoms with Crippen LogP contribution >= 0.6 is 27.5 Å². The van der Waals surface area contributed by atoms with Gasteiger partial charge < -0.3 is 5.32 Å². The molecule has 4 rings (SSSR count). The van der Waals surface area contributed by atoms with E-state index in [0.717, 1.165) is 18.4 Å². The molecule has 2 nitrogen and oxygen atoms in total. The van der Waals surface area contributed by atoms with Gasteiger partial charge >= 0.3 is 0 Å². The van der Waals surface area contributed by atoms with Crippen LogP contribution in [0.4, 0.5) is 0 Å². The first-order valence-corrected chi connectivity index (χ1v) is 7.87. The summed E-state index contributed by atoms with van der Waals surface area (Å²) < 4.78 is 0.378. The molecule has 0 aliphatic heterocycles. The summed E-state index contributed by atoms with van der Waals surface area (Å²) in [5.41, 5.74) is 0.356. The lowest BCUT2D eigenvalue weighted by Crippen LogP contribution is -2.56. The number of halogens is 2. The van der Waals surface area contributed by atoms with Crippen LogP contribution in [0.25, 0.3) is 0 Å². The summed E-state index contributed by atoms with van der Waals surface area (Å²) in [5, 5.41) is 3.01. The molecule has 0 aromatic heterocycles. The van der Waals surface area contributed by atoms with Crippen molar-refractivity contribution in [1.82, 2.24) is 5.32 Å². The Kier molecular flexibility index (Phi) is 2.98. The van der Waals surface area contributed by atoms with Crippen LogP contribution in [0, 0.1) is 17.3 Å². The molecule has 0 heterocycles. The summed E-state index contributed by atoms with van der Waals surface area (Å²) in [7, 11) is 0. The molecule has 4 saturated carbocycles.